The van der Waals surface area contributed by atoms with Gasteiger partial charge in [0, 0.05) is 58.7 Å². The van der Waals surface area contributed by atoms with Gasteiger partial charge in [-0.2, -0.15) is 0 Å². The molecule has 1 aliphatic rings. The molecule has 0 amide bonds. The summed E-state index contributed by atoms with van der Waals surface area (Å²) in [6, 6.07) is 8.59. The number of hydrogen-bond acceptors (Lipinski definition) is 4. The van der Waals surface area contributed by atoms with Gasteiger partial charge in [0.1, 0.15) is 0 Å². The standard InChI is InChI=1S/C19H28N6O.HI/c1-20-19(22-7-9-25-8-6-21-16-25)23-14-17-4-2-3-5-18(17)15-24-10-12-26-13-11-24;/h2-6,8,16H,7,9-15H2,1H3,(H2,20,22,23);1H. The van der Waals surface area contributed by atoms with Crippen LogP contribution in [0.1, 0.15) is 11.1 Å². The third-order valence-electron chi connectivity index (χ3n) is 4.51. The van der Waals surface area contributed by atoms with Gasteiger partial charge in [-0.05, 0) is 11.1 Å². The van der Waals surface area contributed by atoms with Gasteiger partial charge in [0.25, 0.3) is 0 Å². The van der Waals surface area contributed by atoms with Crippen molar-refractivity contribution in [2.45, 2.75) is 19.6 Å². The van der Waals surface area contributed by atoms with E-state index in [1.807, 2.05) is 17.1 Å². The molecule has 27 heavy (non-hydrogen) atoms. The number of nitrogens with one attached hydrogen (secondary N) is 2. The molecule has 0 aliphatic carbocycles. The molecule has 0 spiro atoms. The van der Waals surface area contributed by atoms with Crippen LogP contribution in [0, 0.1) is 0 Å². The molecule has 3 rings (SSSR count). The van der Waals surface area contributed by atoms with E-state index in [-0.39, 0.29) is 24.0 Å². The molecule has 1 aliphatic heterocycles. The van der Waals surface area contributed by atoms with Crippen LogP contribution in [0.25, 0.3) is 0 Å². The number of aliphatic imine (C=N–C) groups is 1. The summed E-state index contributed by atoms with van der Waals surface area (Å²) in [5, 5.41) is 6.76. The molecule has 0 unspecified atom stereocenters. The Kier molecular flexibility index (Phi) is 9.57. The first kappa shape index (κ1) is 21.6. The Balaban J connectivity index is 0.00000261. The molecule has 2 heterocycles. The molecule has 0 bridgehead atoms. The molecule has 1 aromatic carbocycles. The fraction of sp³-hybridized carbons (Fsp3) is 0.474. The van der Waals surface area contributed by atoms with Crippen LogP contribution in [-0.2, 0) is 24.4 Å². The maximum Gasteiger partial charge on any atom is 0.191 e. The number of rotatable bonds is 7. The Morgan fingerprint density at radius 3 is 2.67 bits per heavy atom. The second kappa shape index (κ2) is 11.9. The van der Waals surface area contributed by atoms with E-state index in [0.717, 1.165) is 58.4 Å². The lowest BCUT2D eigenvalue weighted by atomic mass is 10.1. The molecular weight excluding hydrogens is 455 g/mol. The van der Waals surface area contributed by atoms with Gasteiger partial charge in [0.15, 0.2) is 5.96 Å². The zero-order valence-electron chi connectivity index (χ0n) is 15.8. The first-order valence-corrected chi connectivity index (χ1v) is 9.12. The van der Waals surface area contributed by atoms with Crippen molar-refractivity contribution in [2.75, 3.05) is 39.9 Å². The number of aromatic nitrogens is 2. The number of guanidine groups is 1. The lowest BCUT2D eigenvalue weighted by molar-refractivity contribution is 0.0341. The number of ether oxygens (including phenoxy) is 1. The summed E-state index contributed by atoms with van der Waals surface area (Å²) in [6.45, 7) is 7.03. The molecule has 7 nitrogen and oxygen atoms in total. The van der Waals surface area contributed by atoms with Crippen LogP contribution in [0.5, 0.6) is 0 Å². The summed E-state index contributed by atoms with van der Waals surface area (Å²) < 4.78 is 7.48. The van der Waals surface area contributed by atoms with E-state index in [2.05, 4.69) is 49.8 Å². The van der Waals surface area contributed by atoms with Crippen molar-refractivity contribution < 1.29 is 4.74 Å². The number of benzene rings is 1. The second-order valence-corrected chi connectivity index (χ2v) is 6.31. The highest BCUT2D eigenvalue weighted by molar-refractivity contribution is 14.0. The topological polar surface area (TPSA) is 66.7 Å². The highest BCUT2D eigenvalue weighted by Gasteiger charge is 2.12. The smallest absolute Gasteiger partial charge is 0.191 e. The Morgan fingerprint density at radius 1 is 1.19 bits per heavy atom. The summed E-state index contributed by atoms with van der Waals surface area (Å²) >= 11 is 0. The van der Waals surface area contributed by atoms with E-state index in [1.165, 1.54) is 11.1 Å². The molecule has 0 saturated carbocycles. The molecule has 148 valence electrons. The van der Waals surface area contributed by atoms with Crippen LogP contribution >= 0.6 is 24.0 Å². The van der Waals surface area contributed by atoms with E-state index >= 15 is 0 Å². The summed E-state index contributed by atoms with van der Waals surface area (Å²) in [7, 11) is 1.80. The van der Waals surface area contributed by atoms with Crippen molar-refractivity contribution in [1.82, 2.24) is 25.1 Å². The molecule has 1 fully saturated rings. The predicted molar refractivity (Wildman–Crippen MR) is 118 cm³/mol. The van der Waals surface area contributed by atoms with E-state index in [0.29, 0.717) is 0 Å². The monoisotopic (exact) mass is 484 g/mol. The van der Waals surface area contributed by atoms with Gasteiger partial charge in [-0.1, -0.05) is 24.3 Å². The average molecular weight is 484 g/mol. The molecule has 8 heteroatoms. The Hall–Kier alpha value is -1.65. The quantitative estimate of drug-likeness (QED) is 0.356. The fourth-order valence-corrected chi connectivity index (χ4v) is 3.01. The number of hydrogen-bond donors (Lipinski definition) is 2. The summed E-state index contributed by atoms with van der Waals surface area (Å²) in [6.07, 6.45) is 5.57. The minimum atomic E-state index is 0. The lowest BCUT2D eigenvalue weighted by Crippen LogP contribution is -2.39. The van der Waals surface area contributed by atoms with Crippen molar-refractivity contribution in [3.05, 3.63) is 54.1 Å². The van der Waals surface area contributed by atoms with Crippen LogP contribution in [0.2, 0.25) is 0 Å². The Bertz CT molecular complexity index is 685. The van der Waals surface area contributed by atoms with Crippen LogP contribution in [-0.4, -0.2) is 60.3 Å². The third-order valence-corrected chi connectivity index (χ3v) is 4.51. The molecule has 1 aromatic heterocycles. The first-order valence-electron chi connectivity index (χ1n) is 9.12. The number of morpholine rings is 1. The summed E-state index contributed by atoms with van der Waals surface area (Å²) in [5.74, 6) is 0.811. The van der Waals surface area contributed by atoms with Crippen molar-refractivity contribution in [2.24, 2.45) is 4.99 Å². The first-order chi connectivity index (χ1) is 12.8. The summed E-state index contributed by atoms with van der Waals surface area (Å²) in [4.78, 5) is 10.8. The summed E-state index contributed by atoms with van der Waals surface area (Å²) in [5.41, 5.74) is 2.66. The van der Waals surface area contributed by atoms with Crippen molar-refractivity contribution in [3.8, 4) is 0 Å². The Labute approximate surface area is 178 Å². The van der Waals surface area contributed by atoms with E-state index in [1.54, 1.807) is 13.2 Å². The molecule has 2 N–H and O–H groups in total. The average Bonchev–Trinajstić information content (AvgIpc) is 3.20. The minimum Gasteiger partial charge on any atom is -0.379 e. The highest BCUT2D eigenvalue weighted by Crippen LogP contribution is 2.12. The van der Waals surface area contributed by atoms with Gasteiger partial charge in [0.2, 0.25) is 0 Å². The highest BCUT2D eigenvalue weighted by atomic mass is 127. The van der Waals surface area contributed by atoms with Gasteiger partial charge < -0.3 is 19.9 Å². The lowest BCUT2D eigenvalue weighted by Gasteiger charge is -2.27. The zero-order chi connectivity index (χ0) is 18.0. The van der Waals surface area contributed by atoms with Crippen molar-refractivity contribution in [1.29, 1.82) is 0 Å². The van der Waals surface area contributed by atoms with Crippen LogP contribution in [0.3, 0.4) is 0 Å². The van der Waals surface area contributed by atoms with Gasteiger partial charge in [-0.3, -0.25) is 9.89 Å². The van der Waals surface area contributed by atoms with Gasteiger partial charge >= 0.3 is 0 Å². The maximum atomic E-state index is 5.44. The minimum absolute atomic E-state index is 0. The molecule has 0 radical (unpaired) electrons. The third kappa shape index (κ3) is 7.11. The van der Waals surface area contributed by atoms with Gasteiger partial charge in [0.05, 0.1) is 19.5 Å². The molecule has 2 aromatic rings. The van der Waals surface area contributed by atoms with Crippen LogP contribution in [0.15, 0.2) is 48.0 Å². The normalized spacial score (nSPS) is 15.2. The second-order valence-electron chi connectivity index (χ2n) is 6.31. The maximum absolute atomic E-state index is 5.44. The largest absolute Gasteiger partial charge is 0.379 e. The van der Waals surface area contributed by atoms with E-state index < -0.39 is 0 Å². The zero-order valence-corrected chi connectivity index (χ0v) is 18.1. The van der Waals surface area contributed by atoms with E-state index in [4.69, 9.17) is 4.74 Å². The number of halogens is 1. The molecule has 0 atom stereocenters. The number of nitrogens with zero attached hydrogens (tertiary/aromatic N) is 4. The fourth-order valence-electron chi connectivity index (χ4n) is 3.01. The molecule has 1 saturated heterocycles. The van der Waals surface area contributed by atoms with Crippen molar-refractivity contribution >= 4 is 29.9 Å². The Morgan fingerprint density at radius 2 is 1.96 bits per heavy atom. The SMILES string of the molecule is CN=C(NCCn1ccnc1)NCc1ccccc1CN1CCOCC1.I. The van der Waals surface area contributed by atoms with Crippen LogP contribution < -0.4 is 10.6 Å². The van der Waals surface area contributed by atoms with Gasteiger partial charge in [-0.15, -0.1) is 24.0 Å². The van der Waals surface area contributed by atoms with E-state index in [9.17, 15) is 0 Å². The predicted octanol–water partition coefficient (Wildman–Crippen LogP) is 1.70. The van der Waals surface area contributed by atoms with Crippen molar-refractivity contribution in [3.63, 3.8) is 0 Å². The van der Waals surface area contributed by atoms with Crippen LogP contribution in [0.4, 0.5) is 0 Å². The number of imidazole rings is 1. The van der Waals surface area contributed by atoms with Gasteiger partial charge in [-0.25, -0.2) is 4.98 Å². The molecular formula is C19H29IN6O.